The molecule has 1 fully saturated rings. The summed E-state index contributed by atoms with van der Waals surface area (Å²) in [4.78, 5) is 18.5. The number of likely N-dealkylation sites (N-methyl/N-ethyl adjacent to an activating group) is 1. The number of nitrogens with two attached hydrogens (primary N) is 1. The molecule has 0 radical (unpaired) electrons. The van der Waals surface area contributed by atoms with Gasteiger partial charge in [0.2, 0.25) is 5.91 Å². The lowest BCUT2D eigenvalue weighted by atomic mass is 9.97. The van der Waals surface area contributed by atoms with Crippen molar-refractivity contribution < 1.29 is 4.79 Å². The van der Waals surface area contributed by atoms with E-state index in [9.17, 15) is 4.79 Å². The van der Waals surface area contributed by atoms with Crippen molar-refractivity contribution >= 4 is 5.91 Å². The van der Waals surface area contributed by atoms with E-state index in [1.807, 2.05) is 18.3 Å². The van der Waals surface area contributed by atoms with Crippen LogP contribution in [0.15, 0.2) is 24.5 Å². The van der Waals surface area contributed by atoms with Crippen molar-refractivity contribution in [2.45, 2.75) is 44.3 Å². The number of pyridine rings is 1. The number of rotatable bonds is 5. The van der Waals surface area contributed by atoms with Gasteiger partial charge in [0.05, 0.1) is 12.1 Å². The van der Waals surface area contributed by atoms with Gasteiger partial charge in [-0.1, -0.05) is 13.0 Å². The summed E-state index contributed by atoms with van der Waals surface area (Å²) < 4.78 is 0. The number of carbonyl (C=O) groups excluding carboxylic acids is 1. The molecule has 2 rings (SSSR count). The fourth-order valence-corrected chi connectivity index (χ4v) is 3.03. The largest absolute Gasteiger partial charge is 0.358 e. The molecule has 3 unspecified atom stereocenters. The average molecular weight is 276 g/mol. The van der Waals surface area contributed by atoms with Crippen LogP contribution in [-0.2, 0) is 4.79 Å². The summed E-state index contributed by atoms with van der Waals surface area (Å²) in [5, 5.41) is 2.76. The fraction of sp³-hybridized carbons (Fsp3) is 0.600. The summed E-state index contributed by atoms with van der Waals surface area (Å²) in [6.07, 6.45) is 6.42. The van der Waals surface area contributed by atoms with E-state index in [1.54, 1.807) is 13.2 Å². The van der Waals surface area contributed by atoms with Crippen LogP contribution in [0.1, 0.15) is 37.8 Å². The quantitative estimate of drug-likeness (QED) is 0.844. The molecule has 110 valence electrons. The predicted octanol–water partition coefficient (Wildman–Crippen LogP) is 1.07. The molecule has 0 saturated carbocycles. The molecule has 5 nitrogen and oxygen atoms in total. The molecule has 0 aromatic carbocycles. The third-order valence-corrected chi connectivity index (χ3v) is 4.10. The lowest BCUT2D eigenvalue weighted by Crippen LogP contribution is -2.48. The Morgan fingerprint density at radius 3 is 3.05 bits per heavy atom. The fourth-order valence-electron chi connectivity index (χ4n) is 3.03. The number of aromatic nitrogens is 1. The maximum Gasteiger partial charge on any atom is 0.237 e. The molecule has 3 N–H and O–H groups in total. The minimum Gasteiger partial charge on any atom is -0.358 e. The molecule has 1 aromatic heterocycles. The predicted molar refractivity (Wildman–Crippen MR) is 79.0 cm³/mol. The van der Waals surface area contributed by atoms with Crippen LogP contribution in [0.2, 0.25) is 0 Å². The number of nitrogens with zero attached hydrogens (tertiary/aromatic N) is 2. The molecule has 1 saturated heterocycles. The summed E-state index contributed by atoms with van der Waals surface area (Å²) in [5.41, 5.74) is 7.43. The van der Waals surface area contributed by atoms with Gasteiger partial charge in [-0.05, 0) is 37.4 Å². The van der Waals surface area contributed by atoms with Crippen LogP contribution in [0.4, 0.5) is 0 Å². The van der Waals surface area contributed by atoms with E-state index in [2.05, 4.69) is 22.1 Å². The molecule has 5 heteroatoms. The van der Waals surface area contributed by atoms with Gasteiger partial charge < -0.3 is 11.1 Å². The summed E-state index contributed by atoms with van der Waals surface area (Å²) in [6.45, 7) is 2.99. The average Bonchev–Trinajstić information content (AvgIpc) is 2.96. The summed E-state index contributed by atoms with van der Waals surface area (Å²) in [6, 6.07) is 3.95. The molecule has 2 heterocycles. The zero-order valence-corrected chi connectivity index (χ0v) is 12.2. The Hall–Kier alpha value is -1.46. The van der Waals surface area contributed by atoms with E-state index >= 15 is 0 Å². The summed E-state index contributed by atoms with van der Waals surface area (Å²) in [7, 11) is 1.69. The second-order valence-corrected chi connectivity index (χ2v) is 5.31. The highest BCUT2D eigenvalue weighted by molar-refractivity contribution is 5.81. The number of carbonyl (C=O) groups is 1. The highest BCUT2D eigenvalue weighted by atomic mass is 16.2. The summed E-state index contributed by atoms with van der Waals surface area (Å²) >= 11 is 0. The molecule has 0 spiro atoms. The van der Waals surface area contributed by atoms with E-state index in [0.29, 0.717) is 0 Å². The molecule has 1 aliphatic rings. The Morgan fingerprint density at radius 2 is 2.45 bits per heavy atom. The van der Waals surface area contributed by atoms with Gasteiger partial charge in [-0.25, -0.2) is 0 Å². The van der Waals surface area contributed by atoms with Crippen LogP contribution in [0.5, 0.6) is 0 Å². The van der Waals surface area contributed by atoms with Crippen LogP contribution in [0.25, 0.3) is 0 Å². The van der Waals surface area contributed by atoms with Crippen LogP contribution < -0.4 is 11.1 Å². The van der Waals surface area contributed by atoms with Gasteiger partial charge in [0.15, 0.2) is 0 Å². The van der Waals surface area contributed by atoms with Gasteiger partial charge >= 0.3 is 0 Å². The highest BCUT2D eigenvalue weighted by Gasteiger charge is 2.37. The molecule has 20 heavy (non-hydrogen) atoms. The van der Waals surface area contributed by atoms with E-state index in [0.717, 1.165) is 31.4 Å². The normalized spacial score (nSPS) is 22.4. The van der Waals surface area contributed by atoms with Crippen molar-refractivity contribution in [3.63, 3.8) is 0 Å². The van der Waals surface area contributed by atoms with Crippen LogP contribution >= 0.6 is 0 Å². The number of nitrogens with one attached hydrogen (secondary N) is 1. The second kappa shape index (κ2) is 6.81. The van der Waals surface area contributed by atoms with Gasteiger partial charge in [-0.2, -0.15) is 0 Å². The van der Waals surface area contributed by atoms with E-state index < -0.39 is 0 Å². The van der Waals surface area contributed by atoms with Crippen molar-refractivity contribution in [2.24, 2.45) is 5.73 Å². The van der Waals surface area contributed by atoms with Gasteiger partial charge in [-0.15, -0.1) is 0 Å². The first-order valence-electron chi connectivity index (χ1n) is 7.31. The van der Waals surface area contributed by atoms with Crippen molar-refractivity contribution in [1.82, 2.24) is 15.2 Å². The first-order valence-corrected chi connectivity index (χ1v) is 7.31. The number of likely N-dealkylation sites (tertiary alicyclic amines) is 1. The van der Waals surface area contributed by atoms with E-state index in [1.165, 1.54) is 0 Å². The summed E-state index contributed by atoms with van der Waals surface area (Å²) in [5.74, 6) is 0.0830. The molecule has 0 bridgehead atoms. The van der Waals surface area contributed by atoms with Crippen molar-refractivity contribution in [3.8, 4) is 0 Å². The Morgan fingerprint density at radius 1 is 1.65 bits per heavy atom. The third-order valence-electron chi connectivity index (χ3n) is 4.10. The minimum atomic E-state index is -0.0807. The molecular formula is C15H24N4O. The standard InChI is InChI=1S/C15H24N4O/c1-3-12(16)14(11-6-4-8-18-10-11)19-9-5-7-13(19)15(20)17-2/h4,6,8,10,12-14H,3,5,7,9,16H2,1-2H3,(H,17,20). The van der Waals surface area contributed by atoms with Gasteiger partial charge in [0.1, 0.15) is 0 Å². The number of hydrogen-bond acceptors (Lipinski definition) is 4. The smallest absolute Gasteiger partial charge is 0.237 e. The molecular weight excluding hydrogens is 252 g/mol. The second-order valence-electron chi connectivity index (χ2n) is 5.31. The third kappa shape index (κ3) is 2.99. The van der Waals surface area contributed by atoms with Crippen molar-refractivity contribution in [3.05, 3.63) is 30.1 Å². The first-order chi connectivity index (χ1) is 9.69. The molecule has 3 atom stereocenters. The van der Waals surface area contributed by atoms with Crippen LogP contribution in [-0.4, -0.2) is 41.5 Å². The maximum absolute atomic E-state index is 12.1. The zero-order chi connectivity index (χ0) is 14.5. The van der Waals surface area contributed by atoms with Gasteiger partial charge in [-0.3, -0.25) is 14.7 Å². The van der Waals surface area contributed by atoms with E-state index in [-0.39, 0.29) is 24.0 Å². The Kier molecular flexibility index (Phi) is 5.09. The Balaban J connectivity index is 2.29. The Bertz CT molecular complexity index is 437. The van der Waals surface area contributed by atoms with Crippen LogP contribution in [0.3, 0.4) is 0 Å². The Labute approximate surface area is 120 Å². The van der Waals surface area contributed by atoms with Crippen LogP contribution in [0, 0.1) is 0 Å². The highest BCUT2D eigenvalue weighted by Crippen LogP contribution is 2.32. The monoisotopic (exact) mass is 276 g/mol. The number of amides is 1. The van der Waals surface area contributed by atoms with E-state index in [4.69, 9.17) is 5.73 Å². The lowest BCUT2D eigenvalue weighted by Gasteiger charge is -2.35. The molecule has 0 aliphatic carbocycles. The van der Waals surface area contributed by atoms with Crippen molar-refractivity contribution in [1.29, 1.82) is 0 Å². The molecule has 1 aromatic rings. The first kappa shape index (κ1) is 14.9. The minimum absolute atomic E-state index is 0.00413. The lowest BCUT2D eigenvalue weighted by molar-refractivity contribution is -0.125. The molecule has 1 aliphatic heterocycles. The van der Waals surface area contributed by atoms with Gasteiger partial charge in [0, 0.05) is 25.5 Å². The zero-order valence-electron chi connectivity index (χ0n) is 12.2. The topological polar surface area (TPSA) is 71.2 Å². The maximum atomic E-state index is 12.1. The molecule has 1 amide bonds. The number of hydrogen-bond donors (Lipinski definition) is 2. The van der Waals surface area contributed by atoms with Crippen molar-refractivity contribution in [2.75, 3.05) is 13.6 Å². The van der Waals surface area contributed by atoms with Gasteiger partial charge in [0.25, 0.3) is 0 Å². The SMILES string of the molecule is CCC(N)C(c1cccnc1)N1CCCC1C(=O)NC.